The largest absolute Gasteiger partial charge is 0.465 e. The summed E-state index contributed by atoms with van der Waals surface area (Å²) in [5.41, 5.74) is 3.23. The number of hydrogen-bond acceptors (Lipinski definition) is 3. The first-order valence-electron chi connectivity index (χ1n) is 9.30. The quantitative estimate of drug-likeness (QED) is 0.536. The molecule has 4 nitrogen and oxygen atoms in total. The molecule has 2 unspecified atom stereocenters. The molecule has 2 aromatic carbocycles. The number of halogens is 2. The third kappa shape index (κ3) is 4.20. The normalized spacial score (nSPS) is 18.0. The maximum absolute atomic E-state index is 10.9. The fourth-order valence-corrected chi connectivity index (χ4v) is 3.92. The second kappa shape index (κ2) is 8.58. The lowest BCUT2D eigenvalue weighted by Gasteiger charge is -2.23. The molecule has 1 fully saturated rings. The van der Waals surface area contributed by atoms with Crippen molar-refractivity contribution < 1.29 is 14.6 Å². The molecule has 0 bridgehead atoms. The second-order valence-electron chi connectivity index (χ2n) is 6.83. The number of ether oxygens (including phenoxy) is 2. The van der Waals surface area contributed by atoms with Gasteiger partial charge in [0.05, 0.1) is 6.61 Å². The van der Waals surface area contributed by atoms with Crippen molar-refractivity contribution >= 4 is 23.2 Å². The number of benzene rings is 2. The summed E-state index contributed by atoms with van der Waals surface area (Å²) in [5.74, 6) is 0.772. The van der Waals surface area contributed by atoms with Gasteiger partial charge in [0.1, 0.15) is 11.9 Å². The molecule has 146 valence electrons. The molecular formula is C22H21Cl2NO3. The van der Waals surface area contributed by atoms with Gasteiger partial charge in [-0.15, -0.1) is 0 Å². The van der Waals surface area contributed by atoms with Crippen LogP contribution in [0.15, 0.2) is 54.9 Å². The number of hydrogen-bond donors (Lipinski definition) is 2. The van der Waals surface area contributed by atoms with E-state index in [9.17, 15) is 5.11 Å². The molecule has 1 aliphatic heterocycles. The van der Waals surface area contributed by atoms with E-state index in [2.05, 4.69) is 4.98 Å². The van der Waals surface area contributed by atoms with Crippen LogP contribution in [0, 0.1) is 0 Å². The first kappa shape index (κ1) is 19.3. The number of aromatic nitrogens is 1. The minimum absolute atomic E-state index is 0.170. The van der Waals surface area contributed by atoms with Gasteiger partial charge in [-0.1, -0.05) is 41.4 Å². The first-order chi connectivity index (χ1) is 13.6. The summed E-state index contributed by atoms with van der Waals surface area (Å²) in [6.07, 6.45) is 5.75. The van der Waals surface area contributed by atoms with Crippen LogP contribution in [0.25, 0.3) is 11.1 Å². The third-order valence-electron chi connectivity index (χ3n) is 4.90. The molecule has 0 amide bonds. The summed E-state index contributed by atoms with van der Waals surface area (Å²) in [4.78, 5) is 3.08. The van der Waals surface area contributed by atoms with Crippen molar-refractivity contribution in [1.29, 1.82) is 0 Å². The van der Waals surface area contributed by atoms with Crippen molar-refractivity contribution in [2.75, 3.05) is 6.61 Å². The molecule has 2 N–H and O–H groups in total. The summed E-state index contributed by atoms with van der Waals surface area (Å²) in [6, 6.07) is 12.9. The van der Waals surface area contributed by atoms with Crippen molar-refractivity contribution in [2.24, 2.45) is 0 Å². The fourth-order valence-electron chi connectivity index (χ4n) is 3.41. The van der Waals surface area contributed by atoms with E-state index in [-0.39, 0.29) is 6.29 Å². The Morgan fingerprint density at radius 3 is 2.57 bits per heavy atom. The average Bonchev–Trinajstić information content (AvgIpc) is 3.19. The topological polar surface area (TPSA) is 54.5 Å². The zero-order valence-electron chi connectivity index (χ0n) is 15.2. The van der Waals surface area contributed by atoms with E-state index >= 15 is 0 Å². The van der Waals surface area contributed by atoms with Crippen molar-refractivity contribution in [3.8, 4) is 16.9 Å². The lowest BCUT2D eigenvalue weighted by Crippen LogP contribution is -2.24. The number of nitrogens with one attached hydrogen (secondary N) is 1. The molecule has 4 rings (SSSR count). The first-order valence-corrected chi connectivity index (χ1v) is 10.1. The molecule has 1 aromatic heterocycles. The summed E-state index contributed by atoms with van der Waals surface area (Å²) < 4.78 is 11.5. The van der Waals surface area contributed by atoms with Crippen molar-refractivity contribution in [3.63, 3.8) is 0 Å². The molecule has 0 spiro atoms. The number of aliphatic hydroxyl groups excluding tert-OH is 1. The number of aromatic amines is 1. The van der Waals surface area contributed by atoms with Crippen LogP contribution in [-0.4, -0.2) is 23.0 Å². The van der Waals surface area contributed by atoms with E-state index in [4.69, 9.17) is 32.7 Å². The maximum Gasteiger partial charge on any atom is 0.199 e. The van der Waals surface area contributed by atoms with Gasteiger partial charge >= 0.3 is 0 Å². The predicted octanol–water partition coefficient (Wildman–Crippen LogP) is 5.98. The Kier molecular flexibility index (Phi) is 5.93. The Bertz CT molecular complexity index is 933. The van der Waals surface area contributed by atoms with Gasteiger partial charge in [0, 0.05) is 45.6 Å². The standard InChI is InChI=1S/C22H21Cl2NO3/c23-15-6-9-17(20(24)11-15)22(26)19-13-25-12-18(19)14-4-7-16(8-5-14)28-21-3-1-2-10-27-21/h4-9,11-13,21-22,25-26H,1-3,10H2. The smallest absolute Gasteiger partial charge is 0.199 e. The number of aliphatic hydroxyl groups is 1. The van der Waals surface area contributed by atoms with Crippen molar-refractivity contribution in [3.05, 3.63) is 76.0 Å². The Morgan fingerprint density at radius 1 is 1.04 bits per heavy atom. The van der Waals surface area contributed by atoms with Gasteiger partial charge < -0.3 is 19.6 Å². The molecule has 1 aliphatic rings. The van der Waals surface area contributed by atoms with E-state index in [1.807, 2.05) is 30.5 Å². The Hall–Kier alpha value is -1.98. The number of rotatable bonds is 5. The van der Waals surface area contributed by atoms with E-state index < -0.39 is 6.10 Å². The molecule has 0 saturated carbocycles. The molecular weight excluding hydrogens is 397 g/mol. The Labute approximate surface area is 174 Å². The van der Waals surface area contributed by atoms with Crippen LogP contribution in [-0.2, 0) is 4.74 Å². The number of H-pyrrole nitrogens is 1. The van der Waals surface area contributed by atoms with E-state index in [0.717, 1.165) is 48.3 Å². The Balaban J connectivity index is 1.55. The van der Waals surface area contributed by atoms with Crippen LogP contribution in [0.1, 0.15) is 36.5 Å². The lowest BCUT2D eigenvalue weighted by molar-refractivity contribution is -0.105. The molecule has 28 heavy (non-hydrogen) atoms. The third-order valence-corrected chi connectivity index (χ3v) is 5.46. The Morgan fingerprint density at radius 2 is 1.86 bits per heavy atom. The highest BCUT2D eigenvalue weighted by molar-refractivity contribution is 6.35. The second-order valence-corrected chi connectivity index (χ2v) is 7.67. The lowest BCUT2D eigenvalue weighted by atomic mass is 9.96. The maximum atomic E-state index is 10.9. The SMILES string of the molecule is OC(c1ccc(Cl)cc1Cl)c1c[nH]cc1-c1ccc(OC2CCCCO2)cc1. The molecule has 2 heterocycles. The monoisotopic (exact) mass is 417 g/mol. The van der Waals surface area contributed by atoms with E-state index in [1.54, 1.807) is 24.4 Å². The van der Waals surface area contributed by atoms with Crippen LogP contribution in [0.4, 0.5) is 0 Å². The highest BCUT2D eigenvalue weighted by atomic mass is 35.5. The fraction of sp³-hybridized carbons (Fsp3) is 0.273. The summed E-state index contributed by atoms with van der Waals surface area (Å²) >= 11 is 12.2. The van der Waals surface area contributed by atoms with E-state index in [0.29, 0.717) is 15.6 Å². The molecule has 2 atom stereocenters. The molecule has 0 aliphatic carbocycles. The summed E-state index contributed by atoms with van der Waals surface area (Å²) in [7, 11) is 0. The molecule has 6 heteroatoms. The van der Waals surface area contributed by atoms with Gasteiger partial charge in [-0.25, -0.2) is 0 Å². The zero-order valence-corrected chi connectivity index (χ0v) is 16.7. The molecule has 3 aromatic rings. The predicted molar refractivity (Wildman–Crippen MR) is 111 cm³/mol. The van der Waals surface area contributed by atoms with Gasteiger partial charge in [0.2, 0.25) is 0 Å². The van der Waals surface area contributed by atoms with Crippen LogP contribution < -0.4 is 4.74 Å². The highest BCUT2D eigenvalue weighted by Crippen LogP contribution is 2.36. The van der Waals surface area contributed by atoms with E-state index in [1.165, 1.54) is 0 Å². The minimum Gasteiger partial charge on any atom is -0.465 e. The summed E-state index contributed by atoms with van der Waals surface area (Å²) in [6.45, 7) is 0.751. The van der Waals surface area contributed by atoms with Crippen LogP contribution in [0.2, 0.25) is 10.0 Å². The van der Waals surface area contributed by atoms with Gasteiger partial charge in [-0.05, 0) is 42.7 Å². The van der Waals surface area contributed by atoms with Crippen LogP contribution >= 0.6 is 23.2 Å². The van der Waals surface area contributed by atoms with Crippen molar-refractivity contribution in [1.82, 2.24) is 4.98 Å². The summed E-state index contributed by atoms with van der Waals surface area (Å²) in [5, 5.41) is 11.8. The molecule has 0 radical (unpaired) electrons. The average molecular weight is 418 g/mol. The van der Waals surface area contributed by atoms with Gasteiger partial charge in [-0.3, -0.25) is 0 Å². The van der Waals surface area contributed by atoms with Gasteiger partial charge in [-0.2, -0.15) is 0 Å². The molecule has 1 saturated heterocycles. The van der Waals surface area contributed by atoms with Gasteiger partial charge in [0.15, 0.2) is 6.29 Å². The van der Waals surface area contributed by atoms with Gasteiger partial charge in [0.25, 0.3) is 0 Å². The minimum atomic E-state index is -0.863. The van der Waals surface area contributed by atoms with Crippen LogP contribution in [0.3, 0.4) is 0 Å². The van der Waals surface area contributed by atoms with Crippen molar-refractivity contribution in [2.45, 2.75) is 31.7 Å². The van der Waals surface area contributed by atoms with Crippen LogP contribution in [0.5, 0.6) is 5.75 Å². The highest BCUT2D eigenvalue weighted by Gasteiger charge is 2.20. The zero-order chi connectivity index (χ0) is 19.5.